The first-order chi connectivity index (χ1) is 15.6. The maximum atomic E-state index is 13.5. The Hall–Kier alpha value is -2.84. The van der Waals surface area contributed by atoms with E-state index < -0.39 is 5.25 Å². The van der Waals surface area contributed by atoms with Gasteiger partial charge in [-0.15, -0.1) is 10.2 Å². The van der Waals surface area contributed by atoms with Gasteiger partial charge >= 0.3 is 0 Å². The van der Waals surface area contributed by atoms with E-state index >= 15 is 0 Å². The second kappa shape index (κ2) is 10.2. The third kappa shape index (κ3) is 4.97. The highest BCUT2D eigenvalue weighted by Gasteiger charge is 2.27. The number of anilines is 2. The van der Waals surface area contributed by atoms with Crippen LogP contribution >= 0.6 is 11.8 Å². The molecule has 1 amide bonds. The molecule has 0 radical (unpaired) electrons. The molecule has 2 aromatic carbocycles. The van der Waals surface area contributed by atoms with Crippen LogP contribution in [0, 0.1) is 13.8 Å². The Kier molecular flexibility index (Phi) is 7.12. The molecule has 32 heavy (non-hydrogen) atoms. The lowest BCUT2D eigenvalue weighted by atomic mass is 10.1. The van der Waals surface area contributed by atoms with Crippen molar-refractivity contribution >= 4 is 29.3 Å². The first kappa shape index (κ1) is 22.4. The van der Waals surface area contributed by atoms with Crippen molar-refractivity contribution in [2.45, 2.75) is 37.7 Å². The minimum absolute atomic E-state index is 0.0755. The molecule has 1 atom stereocenters. The van der Waals surface area contributed by atoms with Crippen LogP contribution in [0.15, 0.2) is 53.7 Å². The van der Waals surface area contributed by atoms with Crippen molar-refractivity contribution in [3.05, 3.63) is 65.2 Å². The minimum atomic E-state index is -0.455. The first-order valence-corrected chi connectivity index (χ1v) is 11.8. The van der Waals surface area contributed by atoms with Crippen molar-refractivity contribution in [2.75, 3.05) is 36.5 Å². The van der Waals surface area contributed by atoms with Gasteiger partial charge in [0.1, 0.15) is 5.25 Å². The fraction of sp³-hybridized carbons (Fsp3) is 0.375. The molecule has 1 fully saturated rings. The zero-order valence-corrected chi connectivity index (χ0v) is 19.6. The Bertz CT molecular complexity index is 1060. The van der Waals surface area contributed by atoms with Crippen LogP contribution in [-0.4, -0.2) is 47.0 Å². The fourth-order valence-corrected chi connectivity index (χ4v) is 4.81. The number of rotatable bonds is 7. The van der Waals surface area contributed by atoms with Crippen molar-refractivity contribution in [1.82, 2.24) is 14.8 Å². The normalized spacial score (nSPS) is 14.9. The predicted octanol–water partition coefficient (Wildman–Crippen LogP) is 4.22. The van der Waals surface area contributed by atoms with E-state index in [4.69, 9.17) is 4.74 Å². The number of nitrogens with one attached hydrogen (secondary N) is 1. The van der Waals surface area contributed by atoms with Crippen molar-refractivity contribution < 1.29 is 9.53 Å². The number of ether oxygens (including phenoxy) is 1. The number of hydrogen-bond donors (Lipinski definition) is 1. The average Bonchev–Trinajstić information content (AvgIpc) is 3.23. The van der Waals surface area contributed by atoms with E-state index in [-0.39, 0.29) is 5.91 Å². The molecule has 7 nitrogen and oxygen atoms in total. The van der Waals surface area contributed by atoms with E-state index in [0.717, 1.165) is 53.1 Å². The summed E-state index contributed by atoms with van der Waals surface area (Å²) in [6.07, 6.45) is 0. The molecule has 2 heterocycles. The third-order valence-corrected chi connectivity index (χ3v) is 6.76. The topological polar surface area (TPSA) is 72.3 Å². The number of carbonyl (C=O) groups is 1. The Morgan fingerprint density at radius 2 is 1.88 bits per heavy atom. The van der Waals surface area contributed by atoms with E-state index in [1.54, 1.807) is 0 Å². The van der Waals surface area contributed by atoms with Crippen LogP contribution in [-0.2, 0) is 16.1 Å². The van der Waals surface area contributed by atoms with Gasteiger partial charge < -0.3 is 15.0 Å². The lowest BCUT2D eigenvalue weighted by Crippen LogP contribution is -2.38. The molecule has 1 N–H and O–H groups in total. The van der Waals surface area contributed by atoms with Gasteiger partial charge in [0.05, 0.1) is 13.2 Å². The minimum Gasteiger partial charge on any atom is -0.378 e. The molecular formula is C24H29N5O2S. The fourth-order valence-electron chi connectivity index (χ4n) is 3.72. The van der Waals surface area contributed by atoms with Crippen LogP contribution in [0.25, 0.3) is 0 Å². The number of nitrogens with zero attached hydrogens (tertiary/aromatic N) is 4. The summed E-state index contributed by atoms with van der Waals surface area (Å²) >= 11 is 1.43. The van der Waals surface area contributed by atoms with Gasteiger partial charge in [0.25, 0.3) is 0 Å². The summed E-state index contributed by atoms with van der Waals surface area (Å²) in [6.45, 7) is 9.77. The van der Waals surface area contributed by atoms with Crippen LogP contribution in [0.4, 0.5) is 11.6 Å². The van der Waals surface area contributed by atoms with Crippen LogP contribution < -0.4 is 10.2 Å². The summed E-state index contributed by atoms with van der Waals surface area (Å²) in [7, 11) is 0. The molecule has 1 aliphatic rings. The molecule has 1 aliphatic heterocycles. The number of thioether (sulfide) groups is 1. The number of morpholine rings is 1. The Morgan fingerprint density at radius 3 is 2.59 bits per heavy atom. The highest BCUT2D eigenvalue weighted by molar-refractivity contribution is 8.00. The summed E-state index contributed by atoms with van der Waals surface area (Å²) < 4.78 is 7.55. The Morgan fingerprint density at radius 1 is 1.12 bits per heavy atom. The average molecular weight is 452 g/mol. The molecule has 0 aliphatic carbocycles. The number of carbonyl (C=O) groups excluding carboxylic acids is 1. The van der Waals surface area contributed by atoms with Crippen LogP contribution in [0.5, 0.6) is 0 Å². The van der Waals surface area contributed by atoms with Crippen molar-refractivity contribution in [2.24, 2.45) is 0 Å². The molecule has 4 rings (SSSR count). The van der Waals surface area contributed by atoms with Gasteiger partial charge in [-0.05, 0) is 43.5 Å². The van der Waals surface area contributed by atoms with Crippen molar-refractivity contribution in [3.8, 4) is 0 Å². The number of benzene rings is 2. The molecular weight excluding hydrogens is 422 g/mol. The first-order valence-electron chi connectivity index (χ1n) is 10.9. The number of hydrogen-bond acceptors (Lipinski definition) is 6. The zero-order valence-electron chi connectivity index (χ0n) is 18.7. The largest absolute Gasteiger partial charge is 0.378 e. The van der Waals surface area contributed by atoms with Gasteiger partial charge in [-0.2, -0.15) is 0 Å². The zero-order chi connectivity index (χ0) is 22.5. The van der Waals surface area contributed by atoms with E-state index in [1.165, 1.54) is 11.8 Å². The number of aryl methyl sites for hydroxylation is 2. The maximum absolute atomic E-state index is 13.5. The van der Waals surface area contributed by atoms with E-state index in [9.17, 15) is 4.79 Å². The van der Waals surface area contributed by atoms with Gasteiger partial charge in [-0.1, -0.05) is 54.2 Å². The summed E-state index contributed by atoms with van der Waals surface area (Å²) in [6, 6.07) is 15.9. The lowest BCUT2D eigenvalue weighted by Gasteiger charge is -2.27. The summed E-state index contributed by atoms with van der Waals surface area (Å²) in [4.78, 5) is 15.7. The van der Waals surface area contributed by atoms with Gasteiger partial charge in [0.2, 0.25) is 11.9 Å². The maximum Gasteiger partial charge on any atom is 0.242 e. The number of aromatic nitrogens is 3. The molecule has 0 bridgehead atoms. The van der Waals surface area contributed by atoms with Gasteiger partial charge in [0.15, 0.2) is 5.16 Å². The van der Waals surface area contributed by atoms with Gasteiger partial charge in [0, 0.05) is 25.3 Å². The molecule has 8 heteroatoms. The van der Waals surface area contributed by atoms with E-state index in [2.05, 4.69) is 31.9 Å². The van der Waals surface area contributed by atoms with Gasteiger partial charge in [-0.3, -0.25) is 9.36 Å². The second-order valence-electron chi connectivity index (χ2n) is 7.84. The quantitative estimate of drug-likeness (QED) is 0.542. The third-order valence-electron chi connectivity index (χ3n) is 5.52. The Balaban J connectivity index is 1.62. The molecule has 1 saturated heterocycles. The highest BCUT2D eigenvalue weighted by Crippen LogP contribution is 2.37. The summed E-state index contributed by atoms with van der Waals surface area (Å²) in [5.74, 6) is 0.758. The highest BCUT2D eigenvalue weighted by atomic mass is 32.2. The monoisotopic (exact) mass is 451 g/mol. The molecule has 0 saturated carbocycles. The summed E-state index contributed by atoms with van der Waals surface area (Å²) in [5.41, 5.74) is 3.91. The number of amides is 1. The van der Waals surface area contributed by atoms with E-state index in [1.807, 2.05) is 62.4 Å². The van der Waals surface area contributed by atoms with Crippen LogP contribution in [0.1, 0.15) is 28.9 Å². The van der Waals surface area contributed by atoms with Gasteiger partial charge in [-0.25, -0.2) is 0 Å². The Labute approximate surface area is 193 Å². The molecule has 0 spiro atoms. The molecule has 168 valence electrons. The van der Waals surface area contributed by atoms with E-state index in [0.29, 0.717) is 13.2 Å². The molecule has 1 unspecified atom stereocenters. The van der Waals surface area contributed by atoms with Crippen molar-refractivity contribution in [3.63, 3.8) is 0 Å². The predicted molar refractivity (Wildman–Crippen MR) is 128 cm³/mol. The molecule has 1 aromatic heterocycles. The molecule has 3 aromatic rings. The smallest absolute Gasteiger partial charge is 0.242 e. The standard InChI is InChI=1S/C24H29N5O2S/c1-4-29-23(28-12-14-31-15-13-28)26-27-24(29)32-21(19-8-6-5-7-9-19)22(30)25-20-16-17(2)10-11-18(20)3/h5-11,16,21H,4,12-15H2,1-3H3,(H,25,30). The lowest BCUT2D eigenvalue weighted by molar-refractivity contribution is -0.115. The van der Waals surface area contributed by atoms with Crippen LogP contribution in [0.3, 0.4) is 0 Å². The second-order valence-corrected chi connectivity index (χ2v) is 8.91. The van der Waals surface area contributed by atoms with Crippen molar-refractivity contribution in [1.29, 1.82) is 0 Å². The van der Waals surface area contributed by atoms with Crippen LogP contribution in [0.2, 0.25) is 0 Å². The SMILES string of the molecule is CCn1c(SC(C(=O)Nc2cc(C)ccc2C)c2ccccc2)nnc1N1CCOCC1. The summed E-state index contributed by atoms with van der Waals surface area (Å²) in [5, 5.41) is 12.3.